The molecule has 0 aliphatic rings. The van der Waals surface area contributed by atoms with Gasteiger partial charge < -0.3 is 14.5 Å². The van der Waals surface area contributed by atoms with Crippen LogP contribution in [0.15, 0.2) is 53.8 Å². The van der Waals surface area contributed by atoms with E-state index in [0.717, 1.165) is 11.9 Å². The fraction of sp³-hybridized carbons (Fsp3) is 0.222. The first-order chi connectivity index (χ1) is 12.2. The van der Waals surface area contributed by atoms with E-state index >= 15 is 0 Å². The van der Waals surface area contributed by atoms with Gasteiger partial charge in [0.1, 0.15) is 11.4 Å². The number of benzene rings is 1. The summed E-state index contributed by atoms with van der Waals surface area (Å²) in [6.07, 6.45) is 6.09. The molecule has 3 rings (SSSR count). The lowest BCUT2D eigenvalue weighted by Gasteiger charge is -2.15. The summed E-state index contributed by atoms with van der Waals surface area (Å²) in [6.45, 7) is 3.66. The molecule has 1 amide bonds. The van der Waals surface area contributed by atoms with E-state index in [1.54, 1.807) is 35.1 Å². The summed E-state index contributed by atoms with van der Waals surface area (Å²) in [5.74, 6) is -0.126. The third kappa shape index (κ3) is 3.85. The van der Waals surface area contributed by atoms with Crippen molar-refractivity contribution >= 4 is 27.1 Å². The minimum atomic E-state index is -3.45. The van der Waals surface area contributed by atoms with E-state index in [0.29, 0.717) is 11.4 Å². The van der Waals surface area contributed by atoms with Crippen molar-refractivity contribution in [2.24, 2.45) is 0 Å². The molecule has 0 saturated carbocycles. The summed E-state index contributed by atoms with van der Waals surface area (Å²) >= 11 is 0. The highest BCUT2D eigenvalue weighted by molar-refractivity contribution is 7.90. The zero-order valence-electron chi connectivity index (χ0n) is 14.6. The van der Waals surface area contributed by atoms with Gasteiger partial charge in [0, 0.05) is 24.8 Å². The van der Waals surface area contributed by atoms with Gasteiger partial charge in [-0.05, 0) is 44.2 Å². The average Bonchev–Trinajstić information content (AvgIpc) is 3.01. The lowest BCUT2D eigenvalue weighted by Crippen LogP contribution is -2.17. The minimum absolute atomic E-state index is 0.0591. The van der Waals surface area contributed by atoms with Crippen molar-refractivity contribution in [3.05, 3.63) is 54.5 Å². The number of hydrogen-bond acceptors (Lipinski definition) is 5. The number of aromatic nitrogens is 2. The number of fused-ring (bicyclic) bond motifs is 1. The van der Waals surface area contributed by atoms with Gasteiger partial charge in [0.2, 0.25) is 0 Å². The molecule has 136 valence electrons. The Bertz CT molecular complexity index is 1070. The maximum atomic E-state index is 12.8. The van der Waals surface area contributed by atoms with Crippen molar-refractivity contribution in [3.63, 3.8) is 0 Å². The Morgan fingerprint density at radius 1 is 1.23 bits per heavy atom. The number of pyridine rings is 1. The molecule has 3 aromatic rings. The zero-order chi connectivity index (χ0) is 18.9. The van der Waals surface area contributed by atoms with Gasteiger partial charge in [-0.25, -0.2) is 13.4 Å². The number of hydrogen-bond donors (Lipinski definition) is 1. The summed E-state index contributed by atoms with van der Waals surface area (Å²) in [6, 6.07) is 7.77. The Morgan fingerprint density at radius 3 is 2.69 bits per heavy atom. The van der Waals surface area contributed by atoms with Crippen molar-refractivity contribution in [1.29, 1.82) is 0 Å². The van der Waals surface area contributed by atoms with E-state index in [2.05, 4.69) is 10.3 Å². The quantitative estimate of drug-likeness (QED) is 0.743. The van der Waals surface area contributed by atoms with Crippen molar-refractivity contribution in [1.82, 2.24) is 9.38 Å². The number of imidazole rings is 1. The van der Waals surface area contributed by atoms with Crippen LogP contribution in [0.3, 0.4) is 0 Å². The van der Waals surface area contributed by atoms with Crippen molar-refractivity contribution in [2.75, 3.05) is 11.6 Å². The number of carbonyl (C=O) groups excluding carboxylic acids is 1. The standard InChI is InChI=1S/C18H19N3O4S/c1-12(2)25-16-6-5-14(26(3,23)24)10-15(16)18(22)20-13-4-7-17-19-8-9-21(17)11-13/h4-12H,1-3H3,(H,20,22). The fourth-order valence-electron chi connectivity index (χ4n) is 2.47. The molecule has 0 fully saturated rings. The minimum Gasteiger partial charge on any atom is -0.490 e. The fourth-order valence-corrected chi connectivity index (χ4v) is 3.11. The second-order valence-electron chi connectivity index (χ2n) is 6.16. The number of carbonyl (C=O) groups is 1. The molecule has 1 aromatic carbocycles. The molecular weight excluding hydrogens is 354 g/mol. The molecular formula is C18H19N3O4S. The Hall–Kier alpha value is -2.87. The number of anilines is 1. The third-order valence-electron chi connectivity index (χ3n) is 3.63. The van der Waals surface area contributed by atoms with Crippen LogP contribution in [0.2, 0.25) is 0 Å². The van der Waals surface area contributed by atoms with Crippen LogP contribution >= 0.6 is 0 Å². The lowest BCUT2D eigenvalue weighted by atomic mass is 10.1. The van der Waals surface area contributed by atoms with Crippen LogP contribution in [0.5, 0.6) is 5.75 Å². The first-order valence-electron chi connectivity index (χ1n) is 7.99. The van der Waals surface area contributed by atoms with Crippen molar-refractivity contribution in [3.8, 4) is 5.75 Å². The van der Waals surface area contributed by atoms with Crippen LogP contribution in [0, 0.1) is 0 Å². The molecule has 2 heterocycles. The summed E-state index contributed by atoms with van der Waals surface area (Å²) in [5.41, 5.74) is 1.47. The molecule has 0 saturated heterocycles. The first-order valence-corrected chi connectivity index (χ1v) is 9.88. The van der Waals surface area contributed by atoms with Crippen LogP contribution in [-0.4, -0.2) is 36.1 Å². The van der Waals surface area contributed by atoms with Gasteiger partial charge in [-0.2, -0.15) is 0 Å². The maximum absolute atomic E-state index is 12.8. The van der Waals surface area contributed by atoms with Gasteiger partial charge in [-0.1, -0.05) is 0 Å². The number of sulfone groups is 1. The Kier molecular flexibility index (Phi) is 4.69. The zero-order valence-corrected chi connectivity index (χ0v) is 15.4. The van der Waals surface area contributed by atoms with Gasteiger partial charge >= 0.3 is 0 Å². The Balaban J connectivity index is 1.97. The van der Waals surface area contributed by atoms with Crippen LogP contribution in [0.1, 0.15) is 24.2 Å². The van der Waals surface area contributed by atoms with E-state index in [1.807, 2.05) is 13.8 Å². The van der Waals surface area contributed by atoms with Crippen LogP contribution < -0.4 is 10.1 Å². The highest BCUT2D eigenvalue weighted by atomic mass is 32.2. The number of nitrogens with one attached hydrogen (secondary N) is 1. The highest BCUT2D eigenvalue weighted by Crippen LogP contribution is 2.25. The van der Waals surface area contributed by atoms with Crippen LogP contribution in [-0.2, 0) is 9.84 Å². The number of nitrogens with zero attached hydrogens (tertiary/aromatic N) is 2. The molecule has 26 heavy (non-hydrogen) atoms. The molecule has 0 aliphatic carbocycles. The second kappa shape index (κ2) is 6.80. The monoisotopic (exact) mass is 373 g/mol. The SMILES string of the molecule is CC(C)Oc1ccc(S(C)(=O)=O)cc1C(=O)Nc1ccc2nccn2c1. The highest BCUT2D eigenvalue weighted by Gasteiger charge is 2.18. The molecule has 0 bridgehead atoms. The smallest absolute Gasteiger partial charge is 0.259 e. The van der Waals surface area contributed by atoms with E-state index in [1.165, 1.54) is 18.2 Å². The average molecular weight is 373 g/mol. The molecule has 0 aliphatic heterocycles. The predicted octanol–water partition coefficient (Wildman–Crippen LogP) is 2.78. The van der Waals surface area contributed by atoms with Gasteiger partial charge in [0.15, 0.2) is 9.84 Å². The number of amides is 1. The van der Waals surface area contributed by atoms with Crippen molar-refractivity contribution in [2.45, 2.75) is 24.8 Å². The topological polar surface area (TPSA) is 89.8 Å². The van der Waals surface area contributed by atoms with E-state index in [4.69, 9.17) is 4.74 Å². The van der Waals surface area contributed by atoms with Gasteiger partial charge in [-0.15, -0.1) is 0 Å². The largest absolute Gasteiger partial charge is 0.490 e. The molecule has 1 N–H and O–H groups in total. The third-order valence-corrected chi connectivity index (χ3v) is 4.74. The Labute approximate surface area is 151 Å². The molecule has 0 atom stereocenters. The Morgan fingerprint density at radius 2 is 2.00 bits per heavy atom. The molecule has 8 heteroatoms. The summed E-state index contributed by atoms with van der Waals surface area (Å²) in [5, 5.41) is 2.77. The number of rotatable bonds is 5. The summed E-state index contributed by atoms with van der Waals surface area (Å²) in [7, 11) is -3.45. The molecule has 7 nitrogen and oxygen atoms in total. The van der Waals surface area contributed by atoms with Gasteiger partial charge in [-0.3, -0.25) is 4.79 Å². The maximum Gasteiger partial charge on any atom is 0.259 e. The molecule has 2 aromatic heterocycles. The number of ether oxygens (including phenoxy) is 1. The molecule has 0 spiro atoms. The van der Waals surface area contributed by atoms with E-state index in [9.17, 15) is 13.2 Å². The second-order valence-corrected chi connectivity index (χ2v) is 8.18. The van der Waals surface area contributed by atoms with E-state index in [-0.39, 0.29) is 16.6 Å². The van der Waals surface area contributed by atoms with Gasteiger partial charge in [0.25, 0.3) is 5.91 Å². The molecule has 0 unspecified atom stereocenters. The van der Waals surface area contributed by atoms with Gasteiger partial charge in [0.05, 0.1) is 22.3 Å². The summed E-state index contributed by atoms with van der Waals surface area (Å²) in [4.78, 5) is 17.0. The molecule has 0 radical (unpaired) electrons. The lowest BCUT2D eigenvalue weighted by molar-refractivity contribution is 0.102. The normalized spacial score (nSPS) is 11.7. The predicted molar refractivity (Wildman–Crippen MR) is 98.5 cm³/mol. The first kappa shape index (κ1) is 17.9. The van der Waals surface area contributed by atoms with Crippen molar-refractivity contribution < 1.29 is 17.9 Å². The van der Waals surface area contributed by atoms with Crippen LogP contribution in [0.25, 0.3) is 5.65 Å². The van der Waals surface area contributed by atoms with Crippen LogP contribution in [0.4, 0.5) is 5.69 Å². The van der Waals surface area contributed by atoms with E-state index < -0.39 is 15.7 Å². The summed E-state index contributed by atoms with van der Waals surface area (Å²) < 4.78 is 31.1.